The average Bonchev–Trinajstić information content (AvgIpc) is 3.02. The van der Waals surface area contributed by atoms with Crippen LogP contribution < -0.4 is 10.2 Å². The summed E-state index contributed by atoms with van der Waals surface area (Å²) in [5.41, 5.74) is 6.68. The number of anilines is 1. The Kier molecular flexibility index (Phi) is 3.85. The van der Waals surface area contributed by atoms with Crippen molar-refractivity contribution in [2.24, 2.45) is 5.10 Å². The maximum Gasteiger partial charge on any atom is 0.265 e. The molecule has 4 aromatic rings. The summed E-state index contributed by atoms with van der Waals surface area (Å²) in [4.78, 5) is 7.66. The molecule has 8 heteroatoms. The van der Waals surface area contributed by atoms with E-state index in [1.165, 1.54) is 13.3 Å². The molecule has 0 aliphatic heterocycles. The van der Waals surface area contributed by atoms with E-state index in [1.807, 2.05) is 25.1 Å². The number of methoxy groups -OCH3 is 1. The molecule has 0 unspecified atom stereocenters. The van der Waals surface area contributed by atoms with Crippen LogP contribution in [-0.4, -0.2) is 38.6 Å². The average molecular weight is 348 g/mol. The Hall–Kier alpha value is -3.68. The number of hydrogen-bond acceptors (Lipinski definition) is 7. The molecule has 0 saturated heterocycles. The lowest BCUT2D eigenvalue weighted by Gasteiger charge is -2.04. The number of aryl methyl sites for hydroxylation is 1. The first-order chi connectivity index (χ1) is 12.7. The molecule has 0 radical (unpaired) electrons. The van der Waals surface area contributed by atoms with Gasteiger partial charge >= 0.3 is 0 Å². The van der Waals surface area contributed by atoms with E-state index in [-0.39, 0.29) is 11.7 Å². The molecule has 2 aromatic carbocycles. The van der Waals surface area contributed by atoms with Crippen molar-refractivity contribution in [2.45, 2.75) is 6.92 Å². The molecular weight excluding hydrogens is 332 g/mol. The standard InChI is InChI=1S/C18H16N6O2/c1-10-5-3-7-12-14(10)20-17-15(12)22-24-18(21-17)23-19-9-11-6-4-8-13(26-2)16(11)25/h3-9,25H,1-2H3,(H2,20,21,23,24)/b19-9+. The van der Waals surface area contributed by atoms with Crippen LogP contribution in [-0.2, 0) is 0 Å². The number of ether oxygens (including phenoxy) is 1. The largest absolute Gasteiger partial charge is 0.504 e. The minimum atomic E-state index is 0.0149. The monoisotopic (exact) mass is 348 g/mol. The fraction of sp³-hybridized carbons (Fsp3) is 0.111. The molecule has 0 spiro atoms. The van der Waals surface area contributed by atoms with E-state index >= 15 is 0 Å². The third kappa shape index (κ3) is 2.67. The first kappa shape index (κ1) is 15.8. The summed E-state index contributed by atoms with van der Waals surface area (Å²) in [6, 6.07) is 11.1. The highest BCUT2D eigenvalue weighted by Gasteiger charge is 2.10. The fourth-order valence-electron chi connectivity index (χ4n) is 2.76. The summed E-state index contributed by atoms with van der Waals surface area (Å²) in [5, 5.41) is 23.4. The highest BCUT2D eigenvalue weighted by Crippen LogP contribution is 2.28. The van der Waals surface area contributed by atoms with Crippen LogP contribution in [0.5, 0.6) is 11.5 Å². The Labute approximate surface area is 148 Å². The second kappa shape index (κ2) is 6.32. The van der Waals surface area contributed by atoms with Crippen molar-refractivity contribution >= 4 is 34.2 Å². The Balaban J connectivity index is 1.62. The number of hydrazone groups is 1. The normalized spacial score (nSPS) is 11.5. The summed E-state index contributed by atoms with van der Waals surface area (Å²) in [7, 11) is 1.49. The maximum atomic E-state index is 10.0. The summed E-state index contributed by atoms with van der Waals surface area (Å²) >= 11 is 0. The highest BCUT2D eigenvalue weighted by atomic mass is 16.5. The second-order valence-corrected chi connectivity index (χ2v) is 5.72. The molecule has 3 N–H and O–H groups in total. The number of benzene rings is 2. The van der Waals surface area contributed by atoms with Gasteiger partial charge in [0, 0.05) is 10.9 Å². The molecular formula is C18H16N6O2. The third-order valence-electron chi connectivity index (χ3n) is 4.08. The number of aromatic nitrogens is 4. The number of phenols is 1. The van der Waals surface area contributed by atoms with Gasteiger partial charge in [0.2, 0.25) is 0 Å². The summed E-state index contributed by atoms with van der Waals surface area (Å²) in [6.45, 7) is 2.02. The van der Waals surface area contributed by atoms with Crippen LogP contribution in [0, 0.1) is 6.92 Å². The van der Waals surface area contributed by atoms with E-state index in [0.29, 0.717) is 22.5 Å². The van der Waals surface area contributed by atoms with Crippen LogP contribution in [0.25, 0.3) is 22.1 Å². The Morgan fingerprint density at radius 2 is 2.04 bits per heavy atom. The molecule has 0 saturated carbocycles. The topological polar surface area (TPSA) is 108 Å². The van der Waals surface area contributed by atoms with Gasteiger partial charge in [-0.05, 0) is 24.6 Å². The predicted octanol–water partition coefficient (Wildman–Crippen LogP) is 2.97. The zero-order chi connectivity index (χ0) is 18.1. The first-order valence-corrected chi connectivity index (χ1v) is 7.94. The summed E-state index contributed by atoms with van der Waals surface area (Å²) in [6.07, 6.45) is 1.46. The number of aromatic amines is 1. The molecule has 2 aromatic heterocycles. The van der Waals surface area contributed by atoms with E-state index in [2.05, 4.69) is 30.7 Å². The van der Waals surface area contributed by atoms with Crippen molar-refractivity contribution in [3.63, 3.8) is 0 Å². The molecule has 4 rings (SSSR count). The molecule has 0 aliphatic carbocycles. The number of hydrogen-bond donors (Lipinski definition) is 3. The second-order valence-electron chi connectivity index (χ2n) is 5.72. The van der Waals surface area contributed by atoms with Crippen molar-refractivity contribution in [3.05, 3.63) is 47.5 Å². The number of para-hydroxylation sites is 2. The predicted molar refractivity (Wildman–Crippen MR) is 99.8 cm³/mol. The Morgan fingerprint density at radius 3 is 2.88 bits per heavy atom. The zero-order valence-corrected chi connectivity index (χ0v) is 14.2. The molecule has 8 nitrogen and oxygen atoms in total. The summed E-state index contributed by atoms with van der Waals surface area (Å²) in [5.74, 6) is 0.642. The van der Waals surface area contributed by atoms with E-state index in [4.69, 9.17) is 4.74 Å². The molecule has 0 aliphatic rings. The number of nitrogens with zero attached hydrogens (tertiary/aromatic N) is 4. The lowest BCUT2D eigenvalue weighted by molar-refractivity contribution is 0.373. The first-order valence-electron chi connectivity index (χ1n) is 7.94. The molecule has 0 amide bonds. The molecule has 2 heterocycles. The van der Waals surface area contributed by atoms with Crippen molar-refractivity contribution in [2.75, 3.05) is 12.5 Å². The van der Waals surface area contributed by atoms with E-state index in [1.54, 1.807) is 18.2 Å². The van der Waals surface area contributed by atoms with Crippen LogP contribution in [0.3, 0.4) is 0 Å². The van der Waals surface area contributed by atoms with Gasteiger partial charge in [0.05, 0.1) is 18.8 Å². The molecule has 0 fully saturated rings. The fourth-order valence-corrected chi connectivity index (χ4v) is 2.76. The van der Waals surface area contributed by atoms with Gasteiger partial charge in [0.1, 0.15) is 5.52 Å². The van der Waals surface area contributed by atoms with Gasteiger partial charge in [-0.25, -0.2) is 5.43 Å². The molecule has 130 valence electrons. The Morgan fingerprint density at radius 1 is 1.19 bits per heavy atom. The molecule has 26 heavy (non-hydrogen) atoms. The van der Waals surface area contributed by atoms with Gasteiger partial charge in [0.25, 0.3) is 5.95 Å². The van der Waals surface area contributed by atoms with Gasteiger partial charge in [0.15, 0.2) is 17.1 Å². The van der Waals surface area contributed by atoms with Crippen LogP contribution >= 0.6 is 0 Å². The minimum Gasteiger partial charge on any atom is -0.504 e. The lowest BCUT2D eigenvalue weighted by Crippen LogP contribution is -1.99. The van der Waals surface area contributed by atoms with Gasteiger partial charge in [-0.1, -0.05) is 24.3 Å². The highest BCUT2D eigenvalue weighted by molar-refractivity contribution is 6.04. The van der Waals surface area contributed by atoms with Crippen molar-refractivity contribution in [1.29, 1.82) is 0 Å². The van der Waals surface area contributed by atoms with Gasteiger partial charge in [-0.2, -0.15) is 10.1 Å². The number of rotatable bonds is 4. The summed E-state index contributed by atoms with van der Waals surface area (Å²) < 4.78 is 5.07. The molecule has 0 atom stereocenters. The van der Waals surface area contributed by atoms with Crippen LogP contribution in [0.2, 0.25) is 0 Å². The minimum absolute atomic E-state index is 0.0149. The van der Waals surface area contributed by atoms with Crippen LogP contribution in [0.4, 0.5) is 5.95 Å². The van der Waals surface area contributed by atoms with Gasteiger partial charge in [-0.3, -0.25) is 0 Å². The third-order valence-corrected chi connectivity index (χ3v) is 4.08. The van der Waals surface area contributed by atoms with Gasteiger partial charge < -0.3 is 14.8 Å². The smallest absolute Gasteiger partial charge is 0.265 e. The van der Waals surface area contributed by atoms with E-state index in [0.717, 1.165) is 16.5 Å². The number of aromatic hydroxyl groups is 1. The van der Waals surface area contributed by atoms with Crippen molar-refractivity contribution in [3.8, 4) is 11.5 Å². The zero-order valence-electron chi connectivity index (χ0n) is 14.2. The number of nitrogens with one attached hydrogen (secondary N) is 2. The quantitative estimate of drug-likeness (QED) is 0.386. The number of phenolic OH excluding ortho intramolecular Hbond substituents is 1. The lowest BCUT2D eigenvalue weighted by atomic mass is 10.1. The Bertz CT molecular complexity index is 1140. The van der Waals surface area contributed by atoms with Crippen LogP contribution in [0.15, 0.2) is 41.5 Å². The van der Waals surface area contributed by atoms with Crippen molar-refractivity contribution < 1.29 is 9.84 Å². The van der Waals surface area contributed by atoms with Crippen LogP contribution in [0.1, 0.15) is 11.1 Å². The SMILES string of the molecule is COc1cccc(/C=N/Nc2nnc3c(n2)[nH]c2c(C)cccc23)c1O. The van der Waals surface area contributed by atoms with E-state index < -0.39 is 0 Å². The van der Waals surface area contributed by atoms with Crippen molar-refractivity contribution in [1.82, 2.24) is 20.2 Å². The van der Waals surface area contributed by atoms with Gasteiger partial charge in [-0.15, -0.1) is 10.2 Å². The van der Waals surface area contributed by atoms with E-state index in [9.17, 15) is 5.11 Å². The number of fused-ring (bicyclic) bond motifs is 3. The maximum absolute atomic E-state index is 10.0. The number of H-pyrrole nitrogens is 1. The molecule has 0 bridgehead atoms.